The van der Waals surface area contributed by atoms with Gasteiger partial charge in [0.1, 0.15) is 5.75 Å². The van der Waals surface area contributed by atoms with Crippen LogP contribution in [0.25, 0.3) is 0 Å². The maximum atomic E-state index is 12.8. The van der Waals surface area contributed by atoms with Gasteiger partial charge < -0.3 is 14.8 Å². The summed E-state index contributed by atoms with van der Waals surface area (Å²) < 4.78 is 57.5. The van der Waals surface area contributed by atoms with Crippen LogP contribution in [0.5, 0.6) is 5.75 Å². The standard InChI is InChI=1S/C18H20F2N2O6S/c1-10-14(16(23)27-2)15(11-3-5-13(6-4-11)28-17(19)20)21-18(24)22(10)12-7-8-29(25,26)9-12/h3-6,12,15,17H,7-9H2,1-2H3,(H,21,24)/t12-,15+/m0/s1. The van der Waals surface area contributed by atoms with E-state index in [4.69, 9.17) is 4.74 Å². The number of methoxy groups -OCH3 is 1. The number of sulfone groups is 1. The van der Waals surface area contributed by atoms with Crippen LogP contribution >= 0.6 is 0 Å². The highest BCUT2D eigenvalue weighted by molar-refractivity contribution is 7.91. The van der Waals surface area contributed by atoms with Crippen LogP contribution in [0.3, 0.4) is 0 Å². The monoisotopic (exact) mass is 430 g/mol. The molecular weight excluding hydrogens is 410 g/mol. The molecule has 0 aromatic heterocycles. The quantitative estimate of drug-likeness (QED) is 0.717. The van der Waals surface area contributed by atoms with Crippen LogP contribution < -0.4 is 10.1 Å². The third-order valence-corrected chi connectivity index (χ3v) is 6.69. The van der Waals surface area contributed by atoms with Gasteiger partial charge in [0, 0.05) is 5.70 Å². The number of hydrogen-bond acceptors (Lipinski definition) is 6. The van der Waals surface area contributed by atoms with Gasteiger partial charge in [-0.2, -0.15) is 8.78 Å². The molecule has 158 valence electrons. The van der Waals surface area contributed by atoms with Gasteiger partial charge in [0.25, 0.3) is 0 Å². The van der Waals surface area contributed by atoms with Crippen molar-refractivity contribution in [3.63, 3.8) is 0 Å². The number of carbonyl (C=O) groups is 2. The highest BCUT2D eigenvalue weighted by atomic mass is 32.2. The Morgan fingerprint density at radius 3 is 2.45 bits per heavy atom. The molecule has 2 atom stereocenters. The maximum Gasteiger partial charge on any atom is 0.387 e. The number of allylic oxidation sites excluding steroid dienone is 1. The lowest BCUT2D eigenvalue weighted by molar-refractivity contribution is -0.136. The van der Waals surface area contributed by atoms with E-state index in [0.29, 0.717) is 11.3 Å². The Labute approximate surface area is 166 Å². The molecule has 1 saturated heterocycles. The topological polar surface area (TPSA) is 102 Å². The van der Waals surface area contributed by atoms with Crippen LogP contribution in [-0.4, -0.2) is 56.6 Å². The first-order valence-electron chi connectivity index (χ1n) is 8.77. The van der Waals surface area contributed by atoms with E-state index in [2.05, 4.69) is 10.1 Å². The van der Waals surface area contributed by atoms with Gasteiger partial charge in [-0.3, -0.25) is 4.90 Å². The molecule has 8 nitrogen and oxygen atoms in total. The minimum atomic E-state index is -3.25. The lowest BCUT2D eigenvalue weighted by Crippen LogP contribution is -2.52. The SMILES string of the molecule is COC(=O)C1=C(C)N([C@H]2CCS(=O)(=O)C2)C(=O)N[C@@H]1c1ccc(OC(F)F)cc1. The average molecular weight is 430 g/mol. The van der Waals surface area contributed by atoms with E-state index in [1.54, 1.807) is 6.92 Å². The zero-order chi connectivity index (χ0) is 21.3. The molecule has 2 heterocycles. The zero-order valence-electron chi connectivity index (χ0n) is 15.7. The van der Waals surface area contributed by atoms with Gasteiger partial charge in [-0.1, -0.05) is 12.1 Å². The third kappa shape index (κ3) is 4.34. The maximum absolute atomic E-state index is 12.8. The van der Waals surface area contributed by atoms with Gasteiger partial charge in [0.15, 0.2) is 9.84 Å². The first kappa shape index (κ1) is 21.0. The van der Waals surface area contributed by atoms with Gasteiger partial charge in [0.05, 0.1) is 36.3 Å². The van der Waals surface area contributed by atoms with Crippen molar-refractivity contribution in [2.45, 2.75) is 32.0 Å². The highest BCUT2D eigenvalue weighted by Crippen LogP contribution is 2.34. The molecule has 2 aliphatic heterocycles. The number of halogens is 2. The zero-order valence-corrected chi connectivity index (χ0v) is 16.5. The highest BCUT2D eigenvalue weighted by Gasteiger charge is 2.42. The summed E-state index contributed by atoms with van der Waals surface area (Å²) >= 11 is 0. The number of urea groups is 1. The number of nitrogens with one attached hydrogen (secondary N) is 1. The Morgan fingerprint density at radius 2 is 1.93 bits per heavy atom. The molecule has 3 rings (SSSR count). The molecule has 0 radical (unpaired) electrons. The smallest absolute Gasteiger partial charge is 0.387 e. The van der Waals surface area contributed by atoms with E-state index in [1.807, 2.05) is 0 Å². The number of amides is 2. The molecule has 1 aromatic rings. The van der Waals surface area contributed by atoms with Crippen LogP contribution in [0, 0.1) is 0 Å². The van der Waals surface area contributed by atoms with Crippen LogP contribution in [-0.2, 0) is 19.4 Å². The van der Waals surface area contributed by atoms with E-state index in [9.17, 15) is 26.8 Å². The van der Waals surface area contributed by atoms with E-state index in [-0.39, 0.29) is 29.2 Å². The van der Waals surface area contributed by atoms with Crippen molar-refractivity contribution in [2.75, 3.05) is 18.6 Å². The molecule has 2 aliphatic rings. The molecule has 0 bridgehead atoms. The van der Waals surface area contributed by atoms with Crippen LogP contribution in [0.1, 0.15) is 24.9 Å². The van der Waals surface area contributed by atoms with Crippen LogP contribution in [0.4, 0.5) is 13.6 Å². The van der Waals surface area contributed by atoms with Crippen LogP contribution in [0.2, 0.25) is 0 Å². The number of carbonyl (C=O) groups excluding carboxylic acids is 2. The largest absolute Gasteiger partial charge is 0.466 e. The van der Waals surface area contributed by atoms with Crippen molar-refractivity contribution >= 4 is 21.8 Å². The van der Waals surface area contributed by atoms with Crippen molar-refractivity contribution in [3.8, 4) is 5.75 Å². The Hall–Kier alpha value is -2.69. The van der Waals surface area contributed by atoms with Gasteiger partial charge in [-0.15, -0.1) is 0 Å². The summed E-state index contributed by atoms with van der Waals surface area (Å²) in [5, 5.41) is 2.69. The molecule has 0 aliphatic carbocycles. The Kier molecular flexibility index (Phi) is 5.78. The first-order chi connectivity index (χ1) is 13.6. The van der Waals surface area contributed by atoms with E-state index in [1.165, 1.54) is 36.3 Å². The summed E-state index contributed by atoms with van der Waals surface area (Å²) in [7, 11) is -2.06. The number of alkyl halides is 2. The van der Waals surface area contributed by atoms with E-state index in [0.717, 1.165) is 0 Å². The number of benzene rings is 1. The second-order valence-electron chi connectivity index (χ2n) is 6.75. The van der Waals surface area contributed by atoms with Crippen molar-refractivity contribution in [1.82, 2.24) is 10.2 Å². The van der Waals surface area contributed by atoms with Crippen molar-refractivity contribution in [3.05, 3.63) is 41.1 Å². The molecule has 0 unspecified atom stereocenters. The molecule has 1 aromatic carbocycles. The normalized spacial score (nSPS) is 23.9. The fourth-order valence-corrected chi connectivity index (χ4v) is 5.34. The lowest BCUT2D eigenvalue weighted by atomic mass is 9.94. The minimum absolute atomic E-state index is 0.0304. The summed E-state index contributed by atoms with van der Waals surface area (Å²) in [5.41, 5.74) is 0.887. The summed E-state index contributed by atoms with van der Waals surface area (Å²) in [6.45, 7) is -1.42. The molecule has 1 N–H and O–H groups in total. The molecule has 11 heteroatoms. The summed E-state index contributed by atoms with van der Waals surface area (Å²) in [6, 6.07) is 3.49. The number of nitrogens with zero attached hydrogens (tertiary/aromatic N) is 1. The predicted octanol–water partition coefficient (Wildman–Crippen LogP) is 1.99. The summed E-state index contributed by atoms with van der Waals surface area (Å²) in [6.07, 6.45) is 0.270. The molecule has 0 spiro atoms. The summed E-state index contributed by atoms with van der Waals surface area (Å²) in [5.74, 6) is -0.969. The van der Waals surface area contributed by atoms with Gasteiger partial charge in [-0.05, 0) is 31.0 Å². The fraction of sp³-hybridized carbons (Fsp3) is 0.444. The minimum Gasteiger partial charge on any atom is -0.466 e. The Balaban J connectivity index is 1.98. The van der Waals surface area contributed by atoms with Gasteiger partial charge in [-0.25, -0.2) is 18.0 Å². The van der Waals surface area contributed by atoms with E-state index >= 15 is 0 Å². The number of hydrogen-bond donors (Lipinski definition) is 1. The second-order valence-corrected chi connectivity index (χ2v) is 8.98. The van der Waals surface area contributed by atoms with Gasteiger partial charge in [0.2, 0.25) is 0 Å². The Morgan fingerprint density at radius 1 is 1.28 bits per heavy atom. The molecule has 29 heavy (non-hydrogen) atoms. The third-order valence-electron chi connectivity index (χ3n) is 4.94. The summed E-state index contributed by atoms with van der Waals surface area (Å²) in [4.78, 5) is 26.5. The molecule has 2 amide bonds. The molecular formula is C18H20F2N2O6S. The number of ether oxygens (including phenoxy) is 2. The fourth-order valence-electron chi connectivity index (χ4n) is 3.64. The molecule has 0 saturated carbocycles. The Bertz CT molecular complexity index is 946. The molecule has 1 fully saturated rings. The van der Waals surface area contributed by atoms with Crippen LogP contribution in [0.15, 0.2) is 35.5 Å². The lowest BCUT2D eigenvalue weighted by Gasteiger charge is -2.38. The van der Waals surface area contributed by atoms with Gasteiger partial charge >= 0.3 is 18.6 Å². The van der Waals surface area contributed by atoms with Crippen molar-refractivity contribution in [2.24, 2.45) is 0 Å². The van der Waals surface area contributed by atoms with E-state index < -0.39 is 40.5 Å². The van der Waals surface area contributed by atoms with Crippen molar-refractivity contribution in [1.29, 1.82) is 0 Å². The average Bonchev–Trinajstić information content (AvgIpc) is 3.00. The predicted molar refractivity (Wildman–Crippen MR) is 98.0 cm³/mol. The first-order valence-corrected chi connectivity index (χ1v) is 10.6. The second kappa shape index (κ2) is 7.97. The number of rotatable bonds is 5. The van der Waals surface area contributed by atoms with Crippen molar-refractivity contribution < 1.29 is 36.3 Å². The number of esters is 1.